The second-order valence-corrected chi connectivity index (χ2v) is 6.06. The minimum absolute atomic E-state index is 0.524. The molecule has 2 nitrogen and oxygen atoms in total. The second-order valence-electron chi connectivity index (χ2n) is 6.06. The van der Waals surface area contributed by atoms with E-state index in [1.54, 1.807) is 0 Å². The number of aromatic nitrogens is 2. The first kappa shape index (κ1) is 13.0. The SMILES string of the molecule is CC(C)c1ccc2nnc3ccc(C(C)C)cc3c2c1. The number of fused-ring (bicyclic) bond motifs is 3. The van der Waals surface area contributed by atoms with E-state index in [4.69, 9.17) is 0 Å². The van der Waals surface area contributed by atoms with Crippen LogP contribution in [0.1, 0.15) is 50.7 Å². The van der Waals surface area contributed by atoms with Crippen LogP contribution in [0.3, 0.4) is 0 Å². The molecule has 0 atom stereocenters. The van der Waals surface area contributed by atoms with Crippen molar-refractivity contribution < 1.29 is 0 Å². The summed E-state index contributed by atoms with van der Waals surface area (Å²) in [4.78, 5) is 0. The summed E-state index contributed by atoms with van der Waals surface area (Å²) in [6.45, 7) is 8.88. The van der Waals surface area contributed by atoms with Crippen LogP contribution in [0, 0.1) is 0 Å². The van der Waals surface area contributed by atoms with Crippen LogP contribution in [0.2, 0.25) is 0 Å². The Bertz CT molecular complexity index is 706. The van der Waals surface area contributed by atoms with E-state index in [1.165, 1.54) is 21.9 Å². The lowest BCUT2D eigenvalue weighted by Gasteiger charge is -2.10. The molecule has 0 amide bonds. The van der Waals surface area contributed by atoms with Gasteiger partial charge >= 0.3 is 0 Å². The van der Waals surface area contributed by atoms with Crippen molar-refractivity contribution in [3.8, 4) is 0 Å². The van der Waals surface area contributed by atoms with Crippen molar-refractivity contribution >= 4 is 21.8 Å². The van der Waals surface area contributed by atoms with Crippen LogP contribution in [-0.2, 0) is 0 Å². The quantitative estimate of drug-likeness (QED) is 0.607. The van der Waals surface area contributed by atoms with Gasteiger partial charge in [-0.05, 0) is 47.2 Å². The van der Waals surface area contributed by atoms with Crippen molar-refractivity contribution in [2.24, 2.45) is 0 Å². The predicted octanol–water partition coefficient (Wildman–Crippen LogP) is 5.03. The van der Waals surface area contributed by atoms with Crippen molar-refractivity contribution in [1.29, 1.82) is 0 Å². The highest BCUT2D eigenvalue weighted by Gasteiger charge is 2.08. The smallest absolute Gasteiger partial charge is 0.0936 e. The van der Waals surface area contributed by atoms with Gasteiger partial charge in [-0.2, -0.15) is 0 Å². The minimum atomic E-state index is 0.524. The van der Waals surface area contributed by atoms with Crippen LogP contribution in [-0.4, -0.2) is 10.2 Å². The zero-order valence-electron chi connectivity index (χ0n) is 12.5. The number of rotatable bonds is 2. The first-order chi connectivity index (χ1) is 9.56. The standard InChI is InChI=1S/C18H20N2/c1-11(2)13-5-7-17-15(9-13)16-10-14(12(3)4)6-8-18(16)20-19-17/h5-12H,1-4H3. The molecule has 0 saturated heterocycles. The van der Waals surface area contributed by atoms with Crippen LogP contribution < -0.4 is 0 Å². The van der Waals surface area contributed by atoms with Crippen molar-refractivity contribution in [3.63, 3.8) is 0 Å². The van der Waals surface area contributed by atoms with E-state index < -0.39 is 0 Å². The zero-order chi connectivity index (χ0) is 14.3. The Morgan fingerprint density at radius 3 is 1.40 bits per heavy atom. The molecule has 0 saturated carbocycles. The first-order valence-electron chi connectivity index (χ1n) is 7.26. The average molecular weight is 264 g/mol. The summed E-state index contributed by atoms with van der Waals surface area (Å²) in [5, 5.41) is 11.1. The van der Waals surface area contributed by atoms with Gasteiger partial charge in [0.05, 0.1) is 11.0 Å². The molecule has 0 aliphatic carbocycles. The van der Waals surface area contributed by atoms with Gasteiger partial charge in [0.2, 0.25) is 0 Å². The number of hydrogen-bond acceptors (Lipinski definition) is 2. The molecule has 0 aliphatic rings. The van der Waals surface area contributed by atoms with Crippen LogP contribution in [0.5, 0.6) is 0 Å². The molecule has 0 spiro atoms. The van der Waals surface area contributed by atoms with Gasteiger partial charge in [-0.1, -0.05) is 39.8 Å². The Morgan fingerprint density at radius 1 is 0.650 bits per heavy atom. The number of nitrogens with zero attached hydrogens (tertiary/aromatic N) is 2. The van der Waals surface area contributed by atoms with Crippen molar-refractivity contribution in [1.82, 2.24) is 10.2 Å². The fourth-order valence-electron chi connectivity index (χ4n) is 2.54. The molecular formula is C18H20N2. The lowest BCUT2D eigenvalue weighted by atomic mass is 9.97. The Labute approximate surface area is 119 Å². The molecule has 2 heteroatoms. The fraction of sp³-hybridized carbons (Fsp3) is 0.333. The lowest BCUT2D eigenvalue weighted by molar-refractivity contribution is 0.867. The molecule has 0 bridgehead atoms. The summed E-state index contributed by atoms with van der Waals surface area (Å²) < 4.78 is 0. The van der Waals surface area contributed by atoms with Crippen LogP contribution in [0.15, 0.2) is 36.4 Å². The molecule has 20 heavy (non-hydrogen) atoms. The van der Waals surface area contributed by atoms with Gasteiger partial charge in [-0.15, -0.1) is 10.2 Å². The molecule has 1 aromatic heterocycles. The third-order valence-electron chi connectivity index (χ3n) is 3.93. The largest absolute Gasteiger partial charge is 0.150 e. The van der Waals surface area contributed by atoms with E-state index in [2.05, 4.69) is 74.3 Å². The molecular weight excluding hydrogens is 244 g/mol. The highest BCUT2D eigenvalue weighted by atomic mass is 15.1. The maximum absolute atomic E-state index is 4.33. The van der Waals surface area contributed by atoms with E-state index in [1.807, 2.05) is 0 Å². The molecule has 1 heterocycles. The molecule has 0 aliphatic heterocycles. The average Bonchev–Trinajstić information content (AvgIpc) is 2.45. The molecule has 0 fully saturated rings. The van der Waals surface area contributed by atoms with Gasteiger partial charge in [-0.25, -0.2) is 0 Å². The van der Waals surface area contributed by atoms with Crippen LogP contribution in [0.4, 0.5) is 0 Å². The summed E-state index contributed by atoms with van der Waals surface area (Å²) in [5.74, 6) is 1.05. The highest BCUT2D eigenvalue weighted by molar-refractivity contribution is 6.04. The van der Waals surface area contributed by atoms with E-state index in [-0.39, 0.29) is 0 Å². The summed E-state index contributed by atoms with van der Waals surface area (Å²) >= 11 is 0. The Kier molecular flexibility index (Phi) is 3.17. The van der Waals surface area contributed by atoms with Gasteiger partial charge < -0.3 is 0 Å². The monoisotopic (exact) mass is 264 g/mol. The first-order valence-corrected chi connectivity index (χ1v) is 7.26. The van der Waals surface area contributed by atoms with E-state index in [9.17, 15) is 0 Å². The fourth-order valence-corrected chi connectivity index (χ4v) is 2.54. The van der Waals surface area contributed by atoms with Gasteiger partial charge in [0.25, 0.3) is 0 Å². The highest BCUT2D eigenvalue weighted by Crippen LogP contribution is 2.28. The van der Waals surface area contributed by atoms with E-state index in [0.29, 0.717) is 11.8 Å². The third-order valence-corrected chi connectivity index (χ3v) is 3.93. The number of benzene rings is 2. The molecule has 102 valence electrons. The summed E-state index contributed by atoms with van der Waals surface area (Å²) in [5.41, 5.74) is 4.65. The van der Waals surface area contributed by atoms with Gasteiger partial charge in [-0.3, -0.25) is 0 Å². The van der Waals surface area contributed by atoms with Gasteiger partial charge in [0.15, 0.2) is 0 Å². The molecule has 0 unspecified atom stereocenters. The summed E-state index contributed by atoms with van der Waals surface area (Å²) in [7, 11) is 0. The molecule has 2 aromatic carbocycles. The van der Waals surface area contributed by atoms with Crippen molar-refractivity contribution in [2.75, 3.05) is 0 Å². The van der Waals surface area contributed by atoms with E-state index in [0.717, 1.165) is 11.0 Å². The third kappa shape index (κ3) is 2.15. The van der Waals surface area contributed by atoms with Crippen molar-refractivity contribution in [3.05, 3.63) is 47.5 Å². The predicted molar refractivity (Wildman–Crippen MR) is 85.2 cm³/mol. The van der Waals surface area contributed by atoms with Crippen LogP contribution in [0.25, 0.3) is 21.8 Å². The summed E-state index contributed by atoms with van der Waals surface area (Å²) in [6, 6.07) is 13.0. The van der Waals surface area contributed by atoms with Gasteiger partial charge in [0, 0.05) is 10.8 Å². The lowest BCUT2D eigenvalue weighted by Crippen LogP contribution is -1.93. The minimum Gasteiger partial charge on any atom is -0.150 e. The molecule has 3 aromatic rings. The topological polar surface area (TPSA) is 25.8 Å². The second kappa shape index (κ2) is 4.86. The van der Waals surface area contributed by atoms with Crippen LogP contribution >= 0.6 is 0 Å². The van der Waals surface area contributed by atoms with Crippen molar-refractivity contribution in [2.45, 2.75) is 39.5 Å². The molecule has 0 N–H and O–H groups in total. The van der Waals surface area contributed by atoms with E-state index >= 15 is 0 Å². The zero-order valence-corrected chi connectivity index (χ0v) is 12.5. The Morgan fingerprint density at radius 2 is 1.05 bits per heavy atom. The Hall–Kier alpha value is -1.96. The molecule has 0 radical (unpaired) electrons. The maximum Gasteiger partial charge on any atom is 0.0936 e. The number of hydrogen-bond donors (Lipinski definition) is 0. The Balaban J connectivity index is 2.36. The summed E-state index contributed by atoms with van der Waals surface area (Å²) in [6.07, 6.45) is 0. The van der Waals surface area contributed by atoms with Gasteiger partial charge in [0.1, 0.15) is 0 Å². The normalized spacial score (nSPS) is 11.9. The molecule has 3 rings (SSSR count). The maximum atomic E-state index is 4.33.